The van der Waals surface area contributed by atoms with Crippen LogP contribution in [-0.4, -0.2) is 4.57 Å². The number of aryl methyl sites for hydroxylation is 1. The van der Waals surface area contributed by atoms with Gasteiger partial charge in [0.1, 0.15) is 0 Å². The maximum absolute atomic E-state index is 2.40. The molecule has 58 heavy (non-hydrogen) atoms. The second kappa shape index (κ2) is 17.7. The summed E-state index contributed by atoms with van der Waals surface area (Å²) >= 11 is 0. The van der Waals surface area contributed by atoms with Gasteiger partial charge in [-0.2, -0.15) is 0 Å². The number of hydrogen-bond donors (Lipinski definition) is 0. The van der Waals surface area contributed by atoms with Crippen LogP contribution in [0.1, 0.15) is 41.7 Å². The Bertz CT molecular complexity index is 2750. The zero-order chi connectivity index (χ0) is 39.7. The Morgan fingerprint density at radius 3 is 2.00 bits per heavy atom. The molecule has 0 fully saturated rings. The predicted octanol–water partition coefficient (Wildman–Crippen LogP) is 15.4. The molecule has 1 heterocycles. The number of nitrogens with zero attached hydrogens (tertiary/aromatic N) is 2. The summed E-state index contributed by atoms with van der Waals surface area (Å²) in [7, 11) is 0. The van der Waals surface area contributed by atoms with Crippen molar-refractivity contribution in [1.29, 1.82) is 0 Å². The molecule has 0 N–H and O–H groups in total. The molecule has 0 spiro atoms. The van der Waals surface area contributed by atoms with E-state index < -0.39 is 0 Å². The van der Waals surface area contributed by atoms with Gasteiger partial charge in [0.2, 0.25) is 0 Å². The summed E-state index contributed by atoms with van der Waals surface area (Å²) in [4.78, 5) is 2.40. The number of rotatable bonds is 12. The molecule has 0 saturated heterocycles. The Morgan fingerprint density at radius 1 is 0.603 bits per heavy atom. The van der Waals surface area contributed by atoms with Gasteiger partial charge in [0.05, 0.1) is 5.52 Å². The van der Waals surface area contributed by atoms with E-state index in [1.54, 1.807) is 0 Å². The molecule has 1 aromatic heterocycles. The highest BCUT2D eigenvalue weighted by Crippen LogP contribution is 2.39. The largest absolute Gasteiger partial charge is 0.316 e. The molecule has 282 valence electrons. The smallest absolute Gasteiger partial charge is 0.0534 e. The van der Waals surface area contributed by atoms with Crippen LogP contribution in [0.4, 0.5) is 17.1 Å². The van der Waals surface area contributed by atoms with Crippen molar-refractivity contribution in [3.8, 4) is 16.8 Å². The van der Waals surface area contributed by atoms with Gasteiger partial charge in [0, 0.05) is 39.9 Å². The number of fused-ring (bicyclic) bond motifs is 1. The highest BCUT2D eigenvalue weighted by molar-refractivity contribution is 5.92. The fourth-order valence-electron chi connectivity index (χ4n) is 7.68. The van der Waals surface area contributed by atoms with Crippen molar-refractivity contribution in [2.45, 2.75) is 27.2 Å². The van der Waals surface area contributed by atoms with Crippen LogP contribution in [-0.2, 0) is 6.42 Å². The van der Waals surface area contributed by atoms with E-state index in [2.05, 4.69) is 248 Å². The molecule has 0 bridgehead atoms. The number of para-hydroxylation sites is 3. The van der Waals surface area contributed by atoms with Gasteiger partial charge in [-0.3, -0.25) is 0 Å². The van der Waals surface area contributed by atoms with Crippen molar-refractivity contribution < 1.29 is 0 Å². The molecule has 0 aliphatic carbocycles. The van der Waals surface area contributed by atoms with Gasteiger partial charge in [-0.1, -0.05) is 176 Å². The Morgan fingerprint density at radius 2 is 1.26 bits per heavy atom. The van der Waals surface area contributed by atoms with E-state index in [1.807, 2.05) is 6.92 Å². The molecule has 0 aliphatic rings. The lowest BCUT2D eigenvalue weighted by atomic mass is 9.95. The minimum Gasteiger partial charge on any atom is -0.316 e. The number of anilines is 3. The second-order valence-corrected chi connectivity index (χ2v) is 14.7. The quantitative estimate of drug-likeness (QED) is 0.113. The minimum atomic E-state index is 0.735. The molecule has 0 amide bonds. The van der Waals surface area contributed by atoms with Gasteiger partial charge in [0.15, 0.2) is 0 Å². The van der Waals surface area contributed by atoms with Gasteiger partial charge >= 0.3 is 0 Å². The van der Waals surface area contributed by atoms with Gasteiger partial charge < -0.3 is 9.47 Å². The summed E-state index contributed by atoms with van der Waals surface area (Å²) < 4.78 is 2.35. The maximum atomic E-state index is 2.40. The molecule has 0 unspecified atom stereocenters. The Labute approximate surface area is 343 Å². The number of hydrogen-bond acceptors (Lipinski definition) is 1. The highest BCUT2D eigenvalue weighted by Gasteiger charge is 2.18. The van der Waals surface area contributed by atoms with E-state index >= 15 is 0 Å². The van der Waals surface area contributed by atoms with Crippen molar-refractivity contribution >= 4 is 45.2 Å². The number of benzene rings is 7. The summed E-state index contributed by atoms with van der Waals surface area (Å²) in [5.74, 6) is 0. The highest BCUT2D eigenvalue weighted by atomic mass is 15.1. The molecule has 0 saturated carbocycles. The topological polar surface area (TPSA) is 8.17 Å². The monoisotopic (exact) mass is 748 g/mol. The van der Waals surface area contributed by atoms with Crippen LogP contribution in [0.5, 0.6) is 0 Å². The zero-order valence-electron chi connectivity index (χ0n) is 33.5. The van der Waals surface area contributed by atoms with E-state index in [0.29, 0.717) is 0 Å². The first kappa shape index (κ1) is 37.7. The third-order valence-electron chi connectivity index (χ3n) is 10.7. The third kappa shape index (κ3) is 8.48. The lowest BCUT2D eigenvalue weighted by molar-refractivity contribution is 1.10. The van der Waals surface area contributed by atoms with Gasteiger partial charge in [-0.15, -0.1) is 0 Å². The summed E-state index contributed by atoms with van der Waals surface area (Å²) in [6, 6.07) is 65.4. The van der Waals surface area contributed by atoms with Crippen LogP contribution in [0, 0.1) is 6.92 Å². The van der Waals surface area contributed by atoms with E-state index in [9.17, 15) is 0 Å². The second-order valence-electron chi connectivity index (χ2n) is 14.7. The fourth-order valence-corrected chi connectivity index (χ4v) is 7.68. The standard InChI is InChI=1S/C56H48N2/c1-4-5-9-25-50-41-57(56-30-19-17-28-54(50)56)52-38-44(39-53(40-52)58(51-26-14-8-15-27-51)55-29-18-16-20-42(55)2)31-32-49(37-43(3)45-21-10-6-11-22-45)48-35-33-47(34-36-48)46-23-12-7-13-24-46/h4-30,32-41H,31H2,1-3H3/b5-4-,25-9-,43-37+,49-32+. The third-order valence-corrected chi connectivity index (χ3v) is 10.7. The Balaban J connectivity index is 1.30. The molecule has 8 aromatic rings. The van der Waals surface area contributed by atoms with Gasteiger partial charge in [-0.05, 0) is 114 Å². The van der Waals surface area contributed by atoms with Gasteiger partial charge in [-0.25, -0.2) is 0 Å². The average Bonchev–Trinajstić information content (AvgIpc) is 3.65. The fraction of sp³-hybridized carbons (Fsp3) is 0.0714. The lowest BCUT2D eigenvalue weighted by Gasteiger charge is -2.28. The minimum absolute atomic E-state index is 0.735. The zero-order valence-corrected chi connectivity index (χ0v) is 33.5. The summed E-state index contributed by atoms with van der Waals surface area (Å²) in [5.41, 5.74) is 16.5. The molecular weight excluding hydrogens is 701 g/mol. The molecule has 7 aromatic carbocycles. The normalized spacial score (nSPS) is 12.2. The summed E-state index contributed by atoms with van der Waals surface area (Å²) in [6.45, 7) is 6.45. The Hall–Kier alpha value is -7.16. The van der Waals surface area contributed by atoms with Crippen LogP contribution in [0.15, 0.2) is 219 Å². The van der Waals surface area contributed by atoms with Crippen LogP contribution in [0.3, 0.4) is 0 Å². The molecular formula is C56H48N2. The molecule has 8 rings (SSSR count). The van der Waals surface area contributed by atoms with Crippen molar-refractivity contribution in [2.24, 2.45) is 0 Å². The van der Waals surface area contributed by atoms with Crippen molar-refractivity contribution in [2.75, 3.05) is 4.90 Å². The maximum Gasteiger partial charge on any atom is 0.0534 e. The SMILES string of the molecule is C/C=C\C=C/c1cn(-c2cc(C/C=C(\C=C(/C)c3ccccc3)c3ccc(-c4ccccc4)cc3)cc(N(c3ccccc3)c3ccccc3C)c2)c2ccccc12. The molecule has 0 aliphatic heterocycles. The molecule has 2 heteroatoms. The number of aromatic nitrogens is 1. The van der Waals surface area contributed by atoms with Crippen LogP contribution in [0.25, 0.3) is 44.9 Å². The summed E-state index contributed by atoms with van der Waals surface area (Å²) in [5, 5.41) is 1.22. The number of allylic oxidation sites excluding steroid dienone is 7. The first-order valence-electron chi connectivity index (χ1n) is 20.1. The van der Waals surface area contributed by atoms with Crippen molar-refractivity contribution in [1.82, 2.24) is 4.57 Å². The molecule has 2 nitrogen and oxygen atoms in total. The first-order chi connectivity index (χ1) is 28.6. The molecule has 0 radical (unpaired) electrons. The van der Waals surface area contributed by atoms with E-state index in [0.717, 1.165) is 29.2 Å². The van der Waals surface area contributed by atoms with Crippen LogP contribution < -0.4 is 4.90 Å². The van der Waals surface area contributed by atoms with Crippen LogP contribution >= 0.6 is 0 Å². The molecule has 0 atom stereocenters. The van der Waals surface area contributed by atoms with E-state index in [-0.39, 0.29) is 0 Å². The van der Waals surface area contributed by atoms with Crippen LogP contribution in [0.2, 0.25) is 0 Å². The van der Waals surface area contributed by atoms with E-state index in [4.69, 9.17) is 0 Å². The lowest BCUT2D eigenvalue weighted by Crippen LogP contribution is -2.12. The van der Waals surface area contributed by atoms with E-state index in [1.165, 1.54) is 61.0 Å². The first-order valence-corrected chi connectivity index (χ1v) is 20.1. The van der Waals surface area contributed by atoms with Gasteiger partial charge in [0.25, 0.3) is 0 Å². The van der Waals surface area contributed by atoms with Crippen molar-refractivity contribution in [3.05, 3.63) is 246 Å². The van der Waals surface area contributed by atoms with Crippen molar-refractivity contribution in [3.63, 3.8) is 0 Å². The average molecular weight is 749 g/mol. The summed E-state index contributed by atoms with van der Waals surface area (Å²) in [6.07, 6.45) is 16.2. The predicted molar refractivity (Wildman–Crippen MR) is 250 cm³/mol. The Kier molecular flexibility index (Phi) is 11.6.